The first-order valence-corrected chi connectivity index (χ1v) is 10.3. The third kappa shape index (κ3) is 4.76. The monoisotopic (exact) mass is 345 g/mol. The molecule has 0 amide bonds. The van der Waals surface area contributed by atoms with Crippen molar-refractivity contribution in [1.82, 2.24) is 0 Å². The molecular weight excluding hydrogens is 314 g/mol. The quantitative estimate of drug-likeness (QED) is 0.549. The summed E-state index contributed by atoms with van der Waals surface area (Å²) >= 11 is 0. The number of nitrogens with zero attached hydrogens (tertiary/aromatic N) is 1. The smallest absolute Gasteiger partial charge is 0.0991 e. The van der Waals surface area contributed by atoms with Crippen molar-refractivity contribution in [2.24, 2.45) is 11.8 Å². The van der Waals surface area contributed by atoms with Crippen LogP contribution in [-0.2, 0) is 6.42 Å². The Morgan fingerprint density at radius 1 is 0.923 bits per heavy atom. The average molecular weight is 346 g/mol. The van der Waals surface area contributed by atoms with Gasteiger partial charge in [0.25, 0.3) is 0 Å². The van der Waals surface area contributed by atoms with E-state index in [0.29, 0.717) is 0 Å². The van der Waals surface area contributed by atoms with Crippen molar-refractivity contribution in [3.63, 3.8) is 0 Å². The number of hydrogen-bond acceptors (Lipinski definition) is 1. The molecular formula is C25H31N. The second-order valence-electron chi connectivity index (χ2n) is 8.05. The molecule has 2 aromatic rings. The van der Waals surface area contributed by atoms with Crippen LogP contribution in [0.2, 0.25) is 0 Å². The summed E-state index contributed by atoms with van der Waals surface area (Å²) in [5.74, 6) is 1.94. The SMILES string of the molecule is CCCC1CCC(CCc2ccc(-c3ccc(C#N)cc3)c(C)c2)CC1. The molecule has 136 valence electrons. The Morgan fingerprint density at radius 2 is 1.58 bits per heavy atom. The molecule has 0 heterocycles. The molecule has 0 radical (unpaired) electrons. The Balaban J connectivity index is 1.57. The molecule has 0 saturated heterocycles. The van der Waals surface area contributed by atoms with Gasteiger partial charge in [-0.15, -0.1) is 0 Å². The zero-order chi connectivity index (χ0) is 18.4. The van der Waals surface area contributed by atoms with E-state index >= 15 is 0 Å². The van der Waals surface area contributed by atoms with Crippen LogP contribution in [0.15, 0.2) is 42.5 Å². The zero-order valence-electron chi connectivity index (χ0n) is 16.3. The van der Waals surface area contributed by atoms with E-state index in [0.717, 1.165) is 17.4 Å². The fourth-order valence-electron chi connectivity index (χ4n) is 4.52. The summed E-state index contributed by atoms with van der Waals surface area (Å²) < 4.78 is 0. The van der Waals surface area contributed by atoms with E-state index in [9.17, 15) is 0 Å². The number of rotatable bonds is 6. The van der Waals surface area contributed by atoms with Gasteiger partial charge in [0.05, 0.1) is 11.6 Å². The minimum absolute atomic E-state index is 0.719. The van der Waals surface area contributed by atoms with Crippen molar-refractivity contribution < 1.29 is 0 Å². The largest absolute Gasteiger partial charge is 0.192 e. The maximum atomic E-state index is 8.95. The van der Waals surface area contributed by atoms with E-state index in [2.05, 4.69) is 50.2 Å². The predicted octanol–water partition coefficient (Wildman–Crippen LogP) is 7.07. The van der Waals surface area contributed by atoms with Gasteiger partial charge in [-0.05, 0) is 66.0 Å². The lowest BCUT2D eigenvalue weighted by molar-refractivity contribution is 0.252. The standard InChI is InChI=1S/C25H31N/c1-3-4-20-5-7-21(8-6-20)9-10-22-13-16-25(19(2)17-22)24-14-11-23(18-26)12-15-24/h11-17,20-21H,3-10H2,1-2H3. The molecule has 1 nitrogen and oxygen atoms in total. The fraction of sp³-hybridized carbons (Fsp3) is 0.480. The van der Waals surface area contributed by atoms with Gasteiger partial charge < -0.3 is 0 Å². The third-order valence-electron chi connectivity index (χ3n) is 6.12. The van der Waals surface area contributed by atoms with Crippen molar-refractivity contribution in [1.29, 1.82) is 5.26 Å². The van der Waals surface area contributed by atoms with Crippen molar-refractivity contribution in [3.8, 4) is 17.2 Å². The molecule has 0 spiro atoms. The summed E-state index contributed by atoms with van der Waals surface area (Å²) in [6.07, 6.45) is 11.1. The average Bonchev–Trinajstić information content (AvgIpc) is 2.68. The van der Waals surface area contributed by atoms with E-state index in [4.69, 9.17) is 5.26 Å². The molecule has 0 bridgehead atoms. The second-order valence-corrected chi connectivity index (χ2v) is 8.05. The van der Waals surface area contributed by atoms with Crippen LogP contribution >= 0.6 is 0 Å². The van der Waals surface area contributed by atoms with E-state index < -0.39 is 0 Å². The lowest BCUT2D eigenvalue weighted by atomic mass is 9.78. The first-order valence-electron chi connectivity index (χ1n) is 10.3. The highest BCUT2D eigenvalue weighted by atomic mass is 14.3. The maximum Gasteiger partial charge on any atom is 0.0991 e. The van der Waals surface area contributed by atoms with Gasteiger partial charge in [-0.2, -0.15) is 5.26 Å². The molecule has 26 heavy (non-hydrogen) atoms. The second kappa shape index (κ2) is 9.04. The Morgan fingerprint density at radius 3 is 2.15 bits per heavy atom. The summed E-state index contributed by atoms with van der Waals surface area (Å²) in [6.45, 7) is 4.52. The molecule has 0 N–H and O–H groups in total. The molecule has 1 fully saturated rings. The molecule has 1 aliphatic rings. The van der Waals surface area contributed by atoms with Crippen LogP contribution in [-0.4, -0.2) is 0 Å². The molecule has 0 unspecified atom stereocenters. The van der Waals surface area contributed by atoms with Crippen LogP contribution in [0.1, 0.15) is 68.6 Å². The topological polar surface area (TPSA) is 23.8 Å². The normalized spacial score (nSPS) is 19.9. The zero-order valence-corrected chi connectivity index (χ0v) is 16.3. The Kier molecular flexibility index (Phi) is 6.51. The van der Waals surface area contributed by atoms with Gasteiger partial charge in [0, 0.05) is 0 Å². The fourth-order valence-corrected chi connectivity index (χ4v) is 4.52. The maximum absolute atomic E-state index is 8.95. The van der Waals surface area contributed by atoms with Crippen LogP contribution < -0.4 is 0 Å². The summed E-state index contributed by atoms with van der Waals surface area (Å²) in [5.41, 5.74) is 5.99. The molecule has 1 aliphatic carbocycles. The highest BCUT2D eigenvalue weighted by Gasteiger charge is 2.20. The van der Waals surface area contributed by atoms with Crippen molar-refractivity contribution in [3.05, 3.63) is 59.2 Å². The Bertz CT molecular complexity index is 743. The molecule has 0 aliphatic heterocycles. The first-order chi connectivity index (χ1) is 12.7. The van der Waals surface area contributed by atoms with Crippen LogP contribution in [0.3, 0.4) is 0 Å². The minimum Gasteiger partial charge on any atom is -0.192 e. The number of aryl methyl sites for hydroxylation is 2. The molecule has 1 heteroatoms. The number of hydrogen-bond donors (Lipinski definition) is 0. The first kappa shape index (κ1) is 18.7. The molecule has 3 rings (SSSR count). The van der Waals surface area contributed by atoms with Crippen molar-refractivity contribution in [2.45, 2.75) is 65.2 Å². The summed E-state index contributed by atoms with van der Waals surface area (Å²) in [4.78, 5) is 0. The van der Waals surface area contributed by atoms with Gasteiger partial charge in [-0.3, -0.25) is 0 Å². The lowest BCUT2D eigenvalue weighted by Crippen LogP contribution is -2.15. The van der Waals surface area contributed by atoms with Gasteiger partial charge >= 0.3 is 0 Å². The van der Waals surface area contributed by atoms with Gasteiger partial charge in [0.15, 0.2) is 0 Å². The van der Waals surface area contributed by atoms with E-state index in [1.807, 2.05) is 12.1 Å². The molecule has 0 aromatic heterocycles. The van der Waals surface area contributed by atoms with Gasteiger partial charge in [-0.25, -0.2) is 0 Å². The Labute approximate surface area is 159 Å². The highest BCUT2D eigenvalue weighted by Crippen LogP contribution is 2.34. The van der Waals surface area contributed by atoms with Gasteiger partial charge in [0.1, 0.15) is 0 Å². The van der Waals surface area contributed by atoms with Crippen LogP contribution in [0.25, 0.3) is 11.1 Å². The number of benzene rings is 2. The van der Waals surface area contributed by atoms with E-state index in [1.54, 1.807) is 0 Å². The van der Waals surface area contributed by atoms with Crippen LogP contribution in [0.4, 0.5) is 0 Å². The molecule has 1 saturated carbocycles. The van der Waals surface area contributed by atoms with E-state index in [1.165, 1.54) is 73.6 Å². The molecule has 0 atom stereocenters. The summed E-state index contributed by atoms with van der Waals surface area (Å²) in [7, 11) is 0. The lowest BCUT2D eigenvalue weighted by Gasteiger charge is -2.28. The minimum atomic E-state index is 0.719. The highest BCUT2D eigenvalue weighted by molar-refractivity contribution is 5.68. The van der Waals surface area contributed by atoms with Gasteiger partial charge in [-0.1, -0.05) is 75.8 Å². The van der Waals surface area contributed by atoms with Crippen molar-refractivity contribution in [2.75, 3.05) is 0 Å². The Hall–Kier alpha value is -2.07. The molecule has 2 aromatic carbocycles. The van der Waals surface area contributed by atoms with Crippen LogP contribution in [0, 0.1) is 30.1 Å². The van der Waals surface area contributed by atoms with Crippen molar-refractivity contribution >= 4 is 0 Å². The number of nitriles is 1. The van der Waals surface area contributed by atoms with E-state index in [-0.39, 0.29) is 0 Å². The predicted molar refractivity (Wildman–Crippen MR) is 110 cm³/mol. The summed E-state index contributed by atoms with van der Waals surface area (Å²) in [5, 5.41) is 8.95. The van der Waals surface area contributed by atoms with Gasteiger partial charge in [0.2, 0.25) is 0 Å². The summed E-state index contributed by atoms with van der Waals surface area (Å²) in [6, 6.07) is 17.0. The van der Waals surface area contributed by atoms with Crippen LogP contribution in [0.5, 0.6) is 0 Å². The third-order valence-corrected chi connectivity index (χ3v) is 6.12.